The van der Waals surface area contributed by atoms with Crippen LogP contribution in [-0.4, -0.2) is 62.4 Å². The van der Waals surface area contributed by atoms with Crippen LogP contribution in [0.3, 0.4) is 0 Å². The van der Waals surface area contributed by atoms with Gasteiger partial charge in [-0.25, -0.2) is 8.42 Å². The van der Waals surface area contributed by atoms with Crippen molar-refractivity contribution in [2.24, 2.45) is 0 Å². The standard InChI is InChI=1S/C26H35N3O6S/c1-18(25(32)27-26(3,4)5)28(16-20-11-13-23(35-6)14-12-20)24(31)17-29(36(7,33)34)22-10-8-9-21(15-22)19(2)30/h8-15,18H,16-17H2,1-7H3,(H,27,32)/t18-/m1/s1. The first kappa shape index (κ1) is 28.8. The molecule has 0 radical (unpaired) electrons. The normalized spacial score (nSPS) is 12.4. The molecule has 196 valence electrons. The summed E-state index contributed by atoms with van der Waals surface area (Å²) in [7, 11) is -2.34. The van der Waals surface area contributed by atoms with Crippen molar-refractivity contribution >= 4 is 33.3 Å². The zero-order valence-corrected chi connectivity index (χ0v) is 22.7. The molecule has 0 saturated carbocycles. The lowest BCUT2D eigenvalue weighted by Gasteiger charge is -2.33. The number of anilines is 1. The lowest BCUT2D eigenvalue weighted by Crippen LogP contribution is -2.54. The summed E-state index contributed by atoms with van der Waals surface area (Å²) in [4.78, 5) is 39.7. The Labute approximate surface area is 213 Å². The number of hydrogen-bond acceptors (Lipinski definition) is 6. The van der Waals surface area contributed by atoms with Gasteiger partial charge in [-0.1, -0.05) is 24.3 Å². The summed E-state index contributed by atoms with van der Waals surface area (Å²) in [6, 6.07) is 12.2. The number of sulfonamides is 1. The average Bonchev–Trinajstić information content (AvgIpc) is 2.79. The molecular formula is C26H35N3O6S. The van der Waals surface area contributed by atoms with Crippen molar-refractivity contribution in [3.63, 3.8) is 0 Å². The van der Waals surface area contributed by atoms with Gasteiger partial charge in [0.05, 0.1) is 19.1 Å². The number of nitrogens with one attached hydrogen (secondary N) is 1. The number of amides is 2. The third kappa shape index (κ3) is 8.08. The van der Waals surface area contributed by atoms with Crippen molar-refractivity contribution in [1.29, 1.82) is 0 Å². The molecule has 36 heavy (non-hydrogen) atoms. The summed E-state index contributed by atoms with van der Waals surface area (Å²) in [5, 5.41) is 2.87. The van der Waals surface area contributed by atoms with Crippen LogP contribution in [0, 0.1) is 0 Å². The van der Waals surface area contributed by atoms with Gasteiger partial charge in [0.25, 0.3) is 0 Å². The van der Waals surface area contributed by atoms with Crippen LogP contribution in [0.25, 0.3) is 0 Å². The number of carbonyl (C=O) groups excluding carboxylic acids is 3. The van der Waals surface area contributed by atoms with Gasteiger partial charge < -0.3 is 15.0 Å². The zero-order chi connectivity index (χ0) is 27.3. The van der Waals surface area contributed by atoms with Gasteiger partial charge in [0, 0.05) is 17.6 Å². The number of nitrogens with zero attached hydrogens (tertiary/aromatic N) is 2. The predicted molar refractivity (Wildman–Crippen MR) is 140 cm³/mol. The van der Waals surface area contributed by atoms with Crippen LogP contribution in [0.5, 0.6) is 5.75 Å². The van der Waals surface area contributed by atoms with E-state index in [0.717, 1.165) is 16.1 Å². The fourth-order valence-corrected chi connectivity index (χ4v) is 4.32. The smallest absolute Gasteiger partial charge is 0.244 e. The van der Waals surface area contributed by atoms with Gasteiger partial charge in [-0.3, -0.25) is 18.7 Å². The maximum atomic E-state index is 13.6. The predicted octanol–water partition coefficient (Wildman–Crippen LogP) is 3.00. The van der Waals surface area contributed by atoms with E-state index >= 15 is 0 Å². The first-order chi connectivity index (χ1) is 16.6. The Balaban J connectivity index is 2.44. The Hall–Kier alpha value is -3.40. The summed E-state index contributed by atoms with van der Waals surface area (Å²) in [6.07, 6.45) is 0.990. The van der Waals surface area contributed by atoms with Crippen LogP contribution in [0.4, 0.5) is 5.69 Å². The number of rotatable bonds is 10. The molecule has 1 N–H and O–H groups in total. The number of ether oxygens (including phenoxy) is 1. The number of methoxy groups -OCH3 is 1. The fraction of sp³-hybridized carbons (Fsp3) is 0.423. The molecule has 0 bridgehead atoms. The average molecular weight is 518 g/mol. The molecule has 2 rings (SSSR count). The Bertz CT molecular complexity index is 1200. The fourth-order valence-electron chi connectivity index (χ4n) is 3.48. The number of benzene rings is 2. The summed E-state index contributed by atoms with van der Waals surface area (Å²) in [5.41, 5.74) is 0.729. The molecule has 2 aromatic rings. The highest BCUT2D eigenvalue weighted by molar-refractivity contribution is 7.92. The van der Waals surface area contributed by atoms with E-state index in [9.17, 15) is 22.8 Å². The van der Waals surface area contributed by atoms with E-state index in [-0.39, 0.29) is 23.9 Å². The molecule has 1 atom stereocenters. The van der Waals surface area contributed by atoms with Gasteiger partial charge in [0.15, 0.2) is 5.78 Å². The lowest BCUT2D eigenvalue weighted by atomic mass is 10.1. The number of ketones is 1. The molecule has 0 heterocycles. The molecule has 0 unspecified atom stereocenters. The van der Waals surface area contributed by atoms with E-state index in [4.69, 9.17) is 4.74 Å². The highest BCUT2D eigenvalue weighted by atomic mass is 32.2. The summed E-state index contributed by atoms with van der Waals surface area (Å²) in [5.74, 6) is -0.524. The summed E-state index contributed by atoms with van der Waals surface area (Å²) in [6.45, 7) is 8.02. The molecule has 0 fully saturated rings. The monoisotopic (exact) mass is 517 g/mol. The second-order valence-corrected chi connectivity index (χ2v) is 11.6. The Morgan fingerprint density at radius 2 is 1.67 bits per heavy atom. The second-order valence-electron chi connectivity index (χ2n) is 9.66. The third-order valence-electron chi connectivity index (χ3n) is 5.40. The van der Waals surface area contributed by atoms with E-state index < -0.39 is 34.1 Å². The maximum Gasteiger partial charge on any atom is 0.244 e. The van der Waals surface area contributed by atoms with E-state index in [2.05, 4.69) is 5.32 Å². The number of Topliss-reactive ketones (excluding diaryl/α,β-unsaturated/α-hetero) is 1. The zero-order valence-electron chi connectivity index (χ0n) is 21.9. The maximum absolute atomic E-state index is 13.6. The van der Waals surface area contributed by atoms with Crippen molar-refractivity contribution in [2.45, 2.75) is 52.7 Å². The second kappa shape index (κ2) is 11.6. The SMILES string of the molecule is COc1ccc(CN(C(=O)CN(c2cccc(C(C)=O)c2)S(C)(=O)=O)[C@H](C)C(=O)NC(C)(C)C)cc1. The van der Waals surface area contributed by atoms with Gasteiger partial charge in [-0.05, 0) is 64.4 Å². The molecule has 10 heteroatoms. The van der Waals surface area contributed by atoms with Gasteiger partial charge in [0.1, 0.15) is 18.3 Å². The van der Waals surface area contributed by atoms with Crippen molar-refractivity contribution in [3.8, 4) is 5.75 Å². The van der Waals surface area contributed by atoms with Crippen LogP contribution in [0.1, 0.15) is 50.5 Å². The quantitative estimate of drug-likeness (QED) is 0.485. The van der Waals surface area contributed by atoms with Crippen molar-refractivity contribution < 1.29 is 27.5 Å². The number of carbonyl (C=O) groups is 3. The first-order valence-corrected chi connectivity index (χ1v) is 13.3. The molecular weight excluding hydrogens is 482 g/mol. The van der Waals surface area contributed by atoms with Gasteiger partial charge in [-0.15, -0.1) is 0 Å². The topological polar surface area (TPSA) is 113 Å². The van der Waals surface area contributed by atoms with Gasteiger partial charge >= 0.3 is 0 Å². The van der Waals surface area contributed by atoms with Crippen LogP contribution in [-0.2, 0) is 26.2 Å². The first-order valence-electron chi connectivity index (χ1n) is 11.5. The van der Waals surface area contributed by atoms with E-state index in [1.54, 1.807) is 50.4 Å². The van der Waals surface area contributed by atoms with Crippen molar-refractivity contribution in [2.75, 3.05) is 24.2 Å². The molecule has 2 amide bonds. The summed E-state index contributed by atoms with van der Waals surface area (Å²) >= 11 is 0. The molecule has 2 aromatic carbocycles. The van der Waals surface area contributed by atoms with Gasteiger partial charge in [0.2, 0.25) is 21.8 Å². The lowest BCUT2D eigenvalue weighted by molar-refractivity contribution is -0.140. The summed E-state index contributed by atoms with van der Waals surface area (Å²) < 4.78 is 31.5. The molecule has 0 aromatic heterocycles. The van der Waals surface area contributed by atoms with Crippen LogP contribution >= 0.6 is 0 Å². The molecule has 0 aliphatic heterocycles. The largest absolute Gasteiger partial charge is 0.497 e. The minimum absolute atomic E-state index is 0.0760. The highest BCUT2D eigenvalue weighted by Crippen LogP contribution is 2.21. The van der Waals surface area contributed by atoms with Crippen molar-refractivity contribution in [3.05, 3.63) is 59.7 Å². The van der Waals surface area contributed by atoms with E-state index in [1.807, 2.05) is 20.8 Å². The van der Waals surface area contributed by atoms with Crippen LogP contribution in [0.15, 0.2) is 48.5 Å². The van der Waals surface area contributed by atoms with Crippen LogP contribution in [0.2, 0.25) is 0 Å². The van der Waals surface area contributed by atoms with E-state index in [1.165, 1.54) is 24.0 Å². The Morgan fingerprint density at radius 3 is 2.17 bits per heavy atom. The van der Waals surface area contributed by atoms with Crippen LogP contribution < -0.4 is 14.4 Å². The number of hydrogen-bond donors (Lipinski definition) is 1. The van der Waals surface area contributed by atoms with Crippen molar-refractivity contribution in [1.82, 2.24) is 10.2 Å². The highest BCUT2D eigenvalue weighted by Gasteiger charge is 2.31. The molecule has 0 aliphatic carbocycles. The Kier molecular flexibility index (Phi) is 9.26. The molecule has 0 aliphatic rings. The Morgan fingerprint density at radius 1 is 1.06 bits per heavy atom. The molecule has 0 saturated heterocycles. The molecule has 0 spiro atoms. The van der Waals surface area contributed by atoms with Gasteiger partial charge in [-0.2, -0.15) is 0 Å². The van der Waals surface area contributed by atoms with E-state index in [0.29, 0.717) is 11.3 Å². The third-order valence-corrected chi connectivity index (χ3v) is 6.54. The molecule has 9 nitrogen and oxygen atoms in total. The minimum Gasteiger partial charge on any atom is -0.497 e. The minimum atomic E-state index is -3.89.